The van der Waals surface area contributed by atoms with Crippen molar-refractivity contribution in [1.29, 1.82) is 10.7 Å². The summed E-state index contributed by atoms with van der Waals surface area (Å²) in [5, 5.41) is 16.2. The van der Waals surface area contributed by atoms with Crippen molar-refractivity contribution >= 4 is 29.1 Å². The SMILES string of the molecule is CC(=N)[C@H](C#N)C(=O)COC(=O)[C@H]1CC(=O)N(c2ccc(C)cc2)C1. The first-order valence-corrected chi connectivity index (χ1v) is 7.84. The molecule has 1 amide bonds. The second kappa shape index (κ2) is 7.71. The van der Waals surface area contributed by atoms with Crippen molar-refractivity contribution in [3.8, 4) is 6.07 Å². The molecule has 7 heteroatoms. The number of ether oxygens (including phenoxy) is 1. The Balaban J connectivity index is 1.94. The Kier molecular flexibility index (Phi) is 5.65. The number of carbonyl (C=O) groups excluding carboxylic acids is 3. The van der Waals surface area contributed by atoms with Crippen LogP contribution in [0.5, 0.6) is 0 Å². The first-order chi connectivity index (χ1) is 11.8. The summed E-state index contributed by atoms with van der Waals surface area (Å²) in [6.07, 6.45) is 0.0200. The summed E-state index contributed by atoms with van der Waals surface area (Å²) in [5.74, 6) is -3.31. The van der Waals surface area contributed by atoms with Gasteiger partial charge in [0.1, 0.15) is 5.92 Å². The Morgan fingerprint density at radius 1 is 1.40 bits per heavy atom. The molecule has 1 N–H and O–H groups in total. The molecule has 1 aliphatic rings. The van der Waals surface area contributed by atoms with Gasteiger partial charge in [-0.05, 0) is 26.0 Å². The third kappa shape index (κ3) is 4.29. The zero-order chi connectivity index (χ0) is 18.6. The van der Waals surface area contributed by atoms with Gasteiger partial charge >= 0.3 is 5.97 Å². The van der Waals surface area contributed by atoms with E-state index in [0.717, 1.165) is 5.56 Å². The summed E-state index contributed by atoms with van der Waals surface area (Å²) in [7, 11) is 0. The number of ketones is 1. The molecule has 7 nitrogen and oxygen atoms in total. The Hall–Kier alpha value is -3.01. The van der Waals surface area contributed by atoms with E-state index in [0.29, 0.717) is 5.69 Å². The number of rotatable bonds is 6. The number of anilines is 1. The fraction of sp³-hybridized carbons (Fsp3) is 0.389. The molecule has 1 aromatic rings. The number of nitrogens with zero attached hydrogens (tertiary/aromatic N) is 2. The fourth-order valence-electron chi connectivity index (χ4n) is 2.59. The van der Waals surface area contributed by atoms with Crippen molar-refractivity contribution in [2.24, 2.45) is 11.8 Å². The highest BCUT2D eigenvalue weighted by Crippen LogP contribution is 2.26. The number of esters is 1. The lowest BCUT2D eigenvalue weighted by atomic mass is 10.0. The average molecular weight is 341 g/mol. The van der Waals surface area contributed by atoms with E-state index in [9.17, 15) is 14.4 Å². The number of nitriles is 1. The highest BCUT2D eigenvalue weighted by atomic mass is 16.5. The molecule has 0 saturated carbocycles. The summed E-state index contributed by atoms with van der Waals surface area (Å²) in [6.45, 7) is 2.92. The maximum absolute atomic E-state index is 12.1. The molecule has 1 aliphatic heterocycles. The second-order valence-electron chi connectivity index (χ2n) is 6.06. The van der Waals surface area contributed by atoms with Gasteiger partial charge in [0.25, 0.3) is 0 Å². The van der Waals surface area contributed by atoms with Gasteiger partial charge in [-0.25, -0.2) is 0 Å². The van der Waals surface area contributed by atoms with Crippen LogP contribution in [-0.4, -0.2) is 36.5 Å². The van der Waals surface area contributed by atoms with Crippen molar-refractivity contribution < 1.29 is 19.1 Å². The van der Waals surface area contributed by atoms with E-state index < -0.39 is 30.2 Å². The van der Waals surface area contributed by atoms with Crippen LogP contribution < -0.4 is 4.90 Å². The van der Waals surface area contributed by atoms with Crippen molar-refractivity contribution in [3.05, 3.63) is 29.8 Å². The molecule has 0 radical (unpaired) electrons. The molecule has 0 bridgehead atoms. The lowest BCUT2D eigenvalue weighted by Gasteiger charge is -2.16. The molecule has 0 unspecified atom stereocenters. The van der Waals surface area contributed by atoms with Crippen LogP contribution in [0.3, 0.4) is 0 Å². The van der Waals surface area contributed by atoms with Crippen LogP contribution in [0.15, 0.2) is 24.3 Å². The number of hydrogen-bond acceptors (Lipinski definition) is 6. The van der Waals surface area contributed by atoms with E-state index in [1.165, 1.54) is 11.8 Å². The quantitative estimate of drug-likeness (QED) is 0.624. The van der Waals surface area contributed by atoms with E-state index in [4.69, 9.17) is 15.4 Å². The van der Waals surface area contributed by atoms with Gasteiger partial charge < -0.3 is 15.0 Å². The van der Waals surface area contributed by atoms with E-state index in [1.807, 2.05) is 31.2 Å². The summed E-state index contributed by atoms with van der Waals surface area (Å²) >= 11 is 0. The Morgan fingerprint density at radius 3 is 2.60 bits per heavy atom. The minimum absolute atomic E-state index is 0.0200. The van der Waals surface area contributed by atoms with Crippen LogP contribution in [0.25, 0.3) is 0 Å². The lowest BCUT2D eigenvalue weighted by molar-refractivity contribution is -0.152. The minimum atomic E-state index is -1.21. The zero-order valence-electron chi connectivity index (χ0n) is 14.1. The Bertz CT molecular complexity index is 749. The van der Waals surface area contributed by atoms with Gasteiger partial charge in [0.2, 0.25) is 5.91 Å². The molecule has 0 spiro atoms. The van der Waals surface area contributed by atoms with E-state index in [2.05, 4.69) is 0 Å². The largest absolute Gasteiger partial charge is 0.457 e. The Labute approximate surface area is 145 Å². The van der Waals surface area contributed by atoms with Gasteiger partial charge in [0, 0.05) is 24.4 Å². The lowest BCUT2D eigenvalue weighted by Crippen LogP contribution is -2.29. The van der Waals surface area contributed by atoms with Crippen LogP contribution in [0.1, 0.15) is 18.9 Å². The molecule has 2 atom stereocenters. The van der Waals surface area contributed by atoms with Crippen LogP contribution in [0.4, 0.5) is 5.69 Å². The van der Waals surface area contributed by atoms with Crippen molar-refractivity contribution in [1.82, 2.24) is 0 Å². The number of carbonyl (C=O) groups is 3. The summed E-state index contributed by atoms with van der Waals surface area (Å²) in [6, 6.07) is 9.10. The fourth-order valence-corrected chi connectivity index (χ4v) is 2.59. The molecule has 25 heavy (non-hydrogen) atoms. The predicted molar refractivity (Wildman–Crippen MR) is 90.1 cm³/mol. The monoisotopic (exact) mass is 341 g/mol. The number of hydrogen-bond donors (Lipinski definition) is 1. The Morgan fingerprint density at radius 2 is 2.04 bits per heavy atom. The van der Waals surface area contributed by atoms with Crippen molar-refractivity contribution in [2.45, 2.75) is 20.3 Å². The van der Waals surface area contributed by atoms with Crippen LogP contribution in [-0.2, 0) is 19.1 Å². The van der Waals surface area contributed by atoms with Gasteiger partial charge in [0.15, 0.2) is 12.4 Å². The number of amides is 1. The topological polar surface area (TPSA) is 111 Å². The molecule has 2 rings (SSSR count). The van der Waals surface area contributed by atoms with Gasteiger partial charge in [0.05, 0.1) is 12.0 Å². The normalized spacial score (nSPS) is 17.7. The van der Waals surface area contributed by atoms with Crippen LogP contribution >= 0.6 is 0 Å². The first kappa shape index (κ1) is 18.3. The smallest absolute Gasteiger partial charge is 0.311 e. The molecule has 1 heterocycles. The van der Waals surface area contributed by atoms with E-state index >= 15 is 0 Å². The first-order valence-electron chi connectivity index (χ1n) is 7.84. The van der Waals surface area contributed by atoms with Gasteiger partial charge in [-0.1, -0.05) is 17.7 Å². The molecule has 130 valence electrons. The van der Waals surface area contributed by atoms with Gasteiger partial charge in [-0.15, -0.1) is 0 Å². The zero-order valence-corrected chi connectivity index (χ0v) is 14.1. The number of aryl methyl sites for hydroxylation is 1. The summed E-state index contributed by atoms with van der Waals surface area (Å²) < 4.78 is 4.96. The van der Waals surface area contributed by atoms with E-state index in [-0.39, 0.29) is 24.6 Å². The number of benzene rings is 1. The molecule has 0 aromatic heterocycles. The third-order valence-corrected chi connectivity index (χ3v) is 4.04. The van der Waals surface area contributed by atoms with Gasteiger partial charge in [-0.2, -0.15) is 5.26 Å². The van der Waals surface area contributed by atoms with Crippen molar-refractivity contribution in [3.63, 3.8) is 0 Å². The summed E-state index contributed by atoms with van der Waals surface area (Å²) in [4.78, 5) is 37.6. The third-order valence-electron chi connectivity index (χ3n) is 4.04. The average Bonchev–Trinajstić information content (AvgIpc) is 2.95. The summed E-state index contributed by atoms with van der Waals surface area (Å²) in [5.41, 5.74) is 1.69. The number of Topliss-reactive ketones (excluding diaryl/α,β-unsaturated/α-hetero) is 1. The van der Waals surface area contributed by atoms with Gasteiger partial charge in [-0.3, -0.25) is 14.4 Å². The molecule has 0 aliphatic carbocycles. The molecular weight excluding hydrogens is 322 g/mol. The molecule has 1 fully saturated rings. The molecular formula is C18H19N3O4. The molecule has 1 aromatic carbocycles. The second-order valence-corrected chi connectivity index (χ2v) is 6.06. The molecule has 1 saturated heterocycles. The number of nitrogens with one attached hydrogen (secondary N) is 1. The highest BCUT2D eigenvalue weighted by molar-refractivity contribution is 6.06. The standard InChI is InChI=1S/C18H19N3O4/c1-11-3-5-14(6-4-11)21-9-13(7-17(21)23)18(24)25-10-16(22)15(8-19)12(2)20/h3-6,13,15,20H,7,9-10H2,1-2H3/t13-,15-/m0/s1. The van der Waals surface area contributed by atoms with Crippen molar-refractivity contribution in [2.75, 3.05) is 18.1 Å². The van der Waals surface area contributed by atoms with Crippen LogP contribution in [0, 0.1) is 35.5 Å². The highest BCUT2D eigenvalue weighted by Gasteiger charge is 2.36. The predicted octanol–water partition coefficient (Wildman–Crippen LogP) is 1.64. The maximum atomic E-state index is 12.1. The van der Waals surface area contributed by atoms with Crippen LogP contribution in [0.2, 0.25) is 0 Å². The maximum Gasteiger partial charge on any atom is 0.311 e. The van der Waals surface area contributed by atoms with E-state index in [1.54, 1.807) is 6.07 Å². The minimum Gasteiger partial charge on any atom is -0.457 e.